The highest BCUT2D eigenvalue weighted by Gasteiger charge is 2.26. The smallest absolute Gasteiger partial charge is 0.259 e. The van der Waals surface area contributed by atoms with E-state index in [0.29, 0.717) is 30.9 Å². The van der Waals surface area contributed by atoms with Crippen LogP contribution in [-0.4, -0.2) is 58.3 Å². The Morgan fingerprint density at radius 2 is 1.93 bits per heavy atom. The van der Waals surface area contributed by atoms with Gasteiger partial charge in [-0.2, -0.15) is 5.10 Å². The highest BCUT2D eigenvalue weighted by atomic mass is 16.5. The average molecular weight is 380 g/mol. The van der Waals surface area contributed by atoms with Crippen molar-refractivity contribution in [2.24, 2.45) is 0 Å². The SMILES string of the molecule is CCOC1CCN(C(=O)c2cnn3c(-c4ccc(OC)cc4)ccnc23)CC1. The molecule has 0 radical (unpaired) electrons. The summed E-state index contributed by atoms with van der Waals surface area (Å²) in [5, 5.41) is 4.45. The van der Waals surface area contributed by atoms with E-state index in [-0.39, 0.29) is 12.0 Å². The molecule has 146 valence electrons. The number of amides is 1. The molecule has 1 amide bonds. The molecular formula is C21H24N4O3. The van der Waals surface area contributed by atoms with Gasteiger partial charge in [0.1, 0.15) is 11.3 Å². The van der Waals surface area contributed by atoms with Gasteiger partial charge in [0.2, 0.25) is 0 Å². The molecule has 4 rings (SSSR count). The summed E-state index contributed by atoms with van der Waals surface area (Å²) in [7, 11) is 1.64. The molecule has 0 bridgehead atoms. The van der Waals surface area contributed by atoms with Crippen molar-refractivity contribution in [3.63, 3.8) is 0 Å². The van der Waals surface area contributed by atoms with Crippen LogP contribution in [0.4, 0.5) is 0 Å². The molecular weight excluding hydrogens is 356 g/mol. The number of aromatic nitrogens is 3. The number of hydrogen-bond donors (Lipinski definition) is 0. The van der Waals surface area contributed by atoms with Gasteiger partial charge in [0, 0.05) is 31.5 Å². The minimum atomic E-state index is -0.0238. The first-order chi connectivity index (χ1) is 13.7. The molecule has 7 heteroatoms. The first-order valence-electron chi connectivity index (χ1n) is 9.59. The Bertz CT molecular complexity index is 959. The summed E-state index contributed by atoms with van der Waals surface area (Å²) in [6.45, 7) is 4.10. The predicted octanol–water partition coefficient (Wildman–Crippen LogP) is 3.05. The van der Waals surface area contributed by atoms with Crippen molar-refractivity contribution < 1.29 is 14.3 Å². The van der Waals surface area contributed by atoms with Gasteiger partial charge in [-0.15, -0.1) is 0 Å². The second-order valence-corrected chi connectivity index (χ2v) is 6.80. The first kappa shape index (κ1) is 18.4. The Kier molecular flexibility index (Phi) is 5.25. The molecule has 3 heterocycles. The van der Waals surface area contributed by atoms with Crippen LogP contribution in [0.1, 0.15) is 30.1 Å². The number of benzene rings is 1. The van der Waals surface area contributed by atoms with Crippen molar-refractivity contribution in [3.8, 4) is 17.0 Å². The number of carbonyl (C=O) groups excluding carboxylic acids is 1. The fourth-order valence-corrected chi connectivity index (χ4v) is 3.65. The molecule has 0 atom stereocenters. The molecule has 0 saturated carbocycles. The molecule has 0 N–H and O–H groups in total. The minimum absolute atomic E-state index is 0.0238. The standard InChI is InChI=1S/C21H24N4O3/c1-3-28-17-9-12-24(13-10-17)21(26)18-14-23-25-19(8-11-22-20(18)25)15-4-6-16(27-2)7-5-15/h4-8,11,14,17H,3,9-10,12-13H2,1-2H3. The quantitative estimate of drug-likeness (QED) is 0.680. The topological polar surface area (TPSA) is 69.0 Å². The Hall–Kier alpha value is -2.93. The van der Waals surface area contributed by atoms with E-state index >= 15 is 0 Å². The van der Waals surface area contributed by atoms with Crippen LogP contribution in [0.25, 0.3) is 16.9 Å². The molecule has 2 aromatic heterocycles. The van der Waals surface area contributed by atoms with Gasteiger partial charge >= 0.3 is 0 Å². The number of ether oxygens (including phenoxy) is 2. The average Bonchev–Trinajstić information content (AvgIpc) is 3.18. The van der Waals surface area contributed by atoms with E-state index in [1.54, 1.807) is 24.0 Å². The van der Waals surface area contributed by atoms with Gasteiger partial charge in [-0.25, -0.2) is 9.50 Å². The number of piperidine rings is 1. The summed E-state index contributed by atoms with van der Waals surface area (Å²) in [6, 6.07) is 9.63. The van der Waals surface area contributed by atoms with Crippen molar-refractivity contribution in [1.82, 2.24) is 19.5 Å². The Morgan fingerprint density at radius 3 is 2.61 bits per heavy atom. The van der Waals surface area contributed by atoms with E-state index in [1.807, 2.05) is 42.2 Å². The van der Waals surface area contributed by atoms with E-state index in [9.17, 15) is 4.79 Å². The van der Waals surface area contributed by atoms with Crippen LogP contribution >= 0.6 is 0 Å². The van der Waals surface area contributed by atoms with Gasteiger partial charge in [0.25, 0.3) is 5.91 Å². The summed E-state index contributed by atoms with van der Waals surface area (Å²) < 4.78 is 12.6. The van der Waals surface area contributed by atoms with Gasteiger partial charge in [-0.05, 0) is 50.1 Å². The lowest BCUT2D eigenvalue weighted by atomic mass is 10.1. The molecule has 1 aliphatic heterocycles. The van der Waals surface area contributed by atoms with Crippen molar-refractivity contribution >= 4 is 11.6 Å². The summed E-state index contributed by atoms with van der Waals surface area (Å²) in [6.07, 6.45) is 5.31. The van der Waals surface area contributed by atoms with Crippen LogP contribution in [0.5, 0.6) is 5.75 Å². The Balaban J connectivity index is 1.60. The van der Waals surface area contributed by atoms with E-state index < -0.39 is 0 Å². The molecule has 28 heavy (non-hydrogen) atoms. The van der Waals surface area contributed by atoms with E-state index in [2.05, 4.69) is 10.1 Å². The minimum Gasteiger partial charge on any atom is -0.497 e. The lowest BCUT2D eigenvalue weighted by Gasteiger charge is -2.31. The molecule has 1 aromatic carbocycles. The molecule has 0 unspecified atom stereocenters. The molecule has 0 spiro atoms. The molecule has 0 aliphatic carbocycles. The maximum Gasteiger partial charge on any atom is 0.259 e. The zero-order chi connectivity index (χ0) is 19.5. The third-order valence-corrected chi connectivity index (χ3v) is 5.15. The van der Waals surface area contributed by atoms with Crippen LogP contribution in [-0.2, 0) is 4.74 Å². The van der Waals surface area contributed by atoms with Crippen molar-refractivity contribution in [3.05, 3.63) is 48.3 Å². The van der Waals surface area contributed by atoms with Crippen LogP contribution in [0, 0.1) is 0 Å². The zero-order valence-corrected chi connectivity index (χ0v) is 16.2. The van der Waals surface area contributed by atoms with E-state index in [0.717, 1.165) is 29.8 Å². The first-order valence-corrected chi connectivity index (χ1v) is 9.59. The fourth-order valence-electron chi connectivity index (χ4n) is 3.65. The summed E-state index contributed by atoms with van der Waals surface area (Å²) in [5.74, 6) is 0.769. The summed E-state index contributed by atoms with van der Waals surface area (Å²) in [4.78, 5) is 19.3. The monoisotopic (exact) mass is 380 g/mol. The summed E-state index contributed by atoms with van der Waals surface area (Å²) in [5.41, 5.74) is 2.96. The third kappa shape index (κ3) is 3.45. The predicted molar refractivity (Wildman–Crippen MR) is 106 cm³/mol. The molecule has 1 aliphatic rings. The highest BCUT2D eigenvalue weighted by molar-refractivity contribution is 6.00. The largest absolute Gasteiger partial charge is 0.497 e. The van der Waals surface area contributed by atoms with Gasteiger partial charge in [-0.3, -0.25) is 4.79 Å². The maximum absolute atomic E-state index is 13.0. The molecule has 1 fully saturated rings. The van der Waals surface area contributed by atoms with Gasteiger partial charge in [-0.1, -0.05) is 0 Å². The number of likely N-dealkylation sites (tertiary alicyclic amines) is 1. The lowest BCUT2D eigenvalue weighted by Crippen LogP contribution is -2.40. The van der Waals surface area contributed by atoms with Crippen LogP contribution in [0.15, 0.2) is 42.7 Å². The van der Waals surface area contributed by atoms with E-state index in [4.69, 9.17) is 9.47 Å². The summed E-state index contributed by atoms with van der Waals surface area (Å²) >= 11 is 0. The van der Waals surface area contributed by atoms with Gasteiger partial charge in [0.05, 0.1) is 25.1 Å². The fraction of sp³-hybridized carbons (Fsp3) is 0.381. The molecule has 3 aromatic rings. The van der Waals surface area contributed by atoms with Crippen molar-refractivity contribution in [2.75, 3.05) is 26.8 Å². The van der Waals surface area contributed by atoms with Gasteiger partial charge < -0.3 is 14.4 Å². The Morgan fingerprint density at radius 1 is 1.18 bits per heavy atom. The zero-order valence-electron chi connectivity index (χ0n) is 16.2. The van der Waals surface area contributed by atoms with Crippen LogP contribution in [0.3, 0.4) is 0 Å². The number of nitrogens with zero attached hydrogens (tertiary/aromatic N) is 4. The normalized spacial score (nSPS) is 15.1. The van der Waals surface area contributed by atoms with Crippen LogP contribution in [0.2, 0.25) is 0 Å². The molecule has 1 saturated heterocycles. The third-order valence-electron chi connectivity index (χ3n) is 5.15. The van der Waals surface area contributed by atoms with Crippen LogP contribution < -0.4 is 4.74 Å². The lowest BCUT2D eigenvalue weighted by molar-refractivity contribution is 0.0146. The second-order valence-electron chi connectivity index (χ2n) is 6.80. The number of fused-ring (bicyclic) bond motifs is 1. The second kappa shape index (κ2) is 7.98. The van der Waals surface area contributed by atoms with Crippen molar-refractivity contribution in [2.45, 2.75) is 25.9 Å². The number of methoxy groups -OCH3 is 1. The Labute approximate surface area is 163 Å². The number of hydrogen-bond acceptors (Lipinski definition) is 5. The number of rotatable bonds is 5. The highest BCUT2D eigenvalue weighted by Crippen LogP contribution is 2.24. The van der Waals surface area contributed by atoms with Crippen molar-refractivity contribution in [1.29, 1.82) is 0 Å². The van der Waals surface area contributed by atoms with E-state index in [1.165, 1.54) is 0 Å². The maximum atomic E-state index is 13.0. The van der Waals surface area contributed by atoms with Gasteiger partial charge in [0.15, 0.2) is 5.65 Å². The molecule has 7 nitrogen and oxygen atoms in total. The number of carbonyl (C=O) groups is 1.